The summed E-state index contributed by atoms with van der Waals surface area (Å²) in [5, 5.41) is 4.25. The van der Waals surface area contributed by atoms with E-state index in [1.165, 1.54) is 5.56 Å². The van der Waals surface area contributed by atoms with Crippen molar-refractivity contribution in [1.29, 1.82) is 0 Å². The van der Waals surface area contributed by atoms with Crippen molar-refractivity contribution in [2.45, 2.75) is 38.0 Å². The summed E-state index contributed by atoms with van der Waals surface area (Å²) in [6, 6.07) is 8.21. The van der Waals surface area contributed by atoms with Crippen molar-refractivity contribution in [3.63, 3.8) is 0 Å². The molecule has 1 amide bonds. The molecule has 1 saturated carbocycles. The number of rotatable bonds is 5. The molecular weight excluding hydrogens is 400 g/mol. The van der Waals surface area contributed by atoms with Gasteiger partial charge in [0.15, 0.2) is 5.96 Å². The molecule has 6 nitrogen and oxygen atoms in total. The quantitative estimate of drug-likeness (QED) is 0.574. The number of morpholine rings is 1. The molecule has 1 aromatic rings. The first-order chi connectivity index (χ1) is 14.6. The predicted octanol–water partition coefficient (Wildman–Crippen LogP) is 2.91. The smallest absolute Gasteiger partial charge is 0.225 e. The zero-order chi connectivity index (χ0) is 21.0. The highest BCUT2D eigenvalue weighted by molar-refractivity contribution is 6.30. The van der Waals surface area contributed by atoms with Gasteiger partial charge in [0, 0.05) is 49.1 Å². The van der Waals surface area contributed by atoms with Crippen LogP contribution in [0, 0.1) is 5.92 Å². The van der Waals surface area contributed by atoms with E-state index in [1.807, 2.05) is 17.0 Å². The number of likely N-dealkylation sites (tertiary alicyclic amines) is 1. The number of nitrogens with zero attached hydrogens (tertiary/aromatic N) is 3. The number of piperidine rings is 1. The standard InChI is InChI=1S/C23H33ClN4O2/c1-2-25-22(26-17-23(8-9-23)19-4-3-5-20(24)16-19)28-10-6-18(7-11-28)21(29)27-12-14-30-15-13-27/h3-5,16,18H,2,6-15,17H2,1H3,(H,25,26). The zero-order valence-corrected chi connectivity index (χ0v) is 18.7. The Morgan fingerprint density at radius 3 is 2.57 bits per heavy atom. The molecule has 1 N–H and O–H groups in total. The molecule has 2 heterocycles. The van der Waals surface area contributed by atoms with Crippen LogP contribution in [0.25, 0.3) is 0 Å². The van der Waals surface area contributed by atoms with Gasteiger partial charge in [-0.15, -0.1) is 0 Å². The molecule has 30 heavy (non-hydrogen) atoms. The second-order valence-electron chi connectivity index (χ2n) is 8.66. The summed E-state index contributed by atoms with van der Waals surface area (Å²) in [4.78, 5) is 22.1. The Hall–Kier alpha value is -1.79. The van der Waals surface area contributed by atoms with E-state index in [9.17, 15) is 4.79 Å². The van der Waals surface area contributed by atoms with Crippen molar-refractivity contribution in [3.05, 3.63) is 34.9 Å². The molecule has 0 aromatic heterocycles. The lowest BCUT2D eigenvalue weighted by molar-refractivity contribution is -0.140. The number of benzene rings is 1. The van der Waals surface area contributed by atoms with E-state index in [2.05, 4.69) is 29.3 Å². The molecule has 2 saturated heterocycles. The van der Waals surface area contributed by atoms with Crippen LogP contribution in [0.2, 0.25) is 5.02 Å². The van der Waals surface area contributed by atoms with Crippen LogP contribution in [-0.4, -0.2) is 74.1 Å². The lowest BCUT2D eigenvalue weighted by Gasteiger charge is -2.37. The van der Waals surface area contributed by atoms with Crippen molar-refractivity contribution in [3.8, 4) is 0 Å². The monoisotopic (exact) mass is 432 g/mol. The maximum Gasteiger partial charge on any atom is 0.225 e. The van der Waals surface area contributed by atoms with Gasteiger partial charge in [-0.05, 0) is 50.3 Å². The molecule has 0 atom stereocenters. The zero-order valence-electron chi connectivity index (χ0n) is 17.9. The number of guanidine groups is 1. The summed E-state index contributed by atoms with van der Waals surface area (Å²) in [7, 11) is 0. The van der Waals surface area contributed by atoms with Gasteiger partial charge in [-0.3, -0.25) is 9.79 Å². The summed E-state index contributed by atoms with van der Waals surface area (Å²) in [5.74, 6) is 1.41. The van der Waals surface area contributed by atoms with E-state index in [0.717, 1.165) is 75.9 Å². The average Bonchev–Trinajstić information content (AvgIpc) is 3.58. The highest BCUT2D eigenvalue weighted by Crippen LogP contribution is 2.48. The first kappa shape index (κ1) is 21.4. The van der Waals surface area contributed by atoms with Crippen molar-refractivity contribution in [2.24, 2.45) is 10.9 Å². The first-order valence-corrected chi connectivity index (χ1v) is 11.6. The number of carbonyl (C=O) groups excluding carboxylic acids is 1. The van der Waals surface area contributed by atoms with E-state index in [-0.39, 0.29) is 11.3 Å². The number of nitrogens with one attached hydrogen (secondary N) is 1. The van der Waals surface area contributed by atoms with E-state index in [1.54, 1.807) is 0 Å². The van der Waals surface area contributed by atoms with Crippen LogP contribution in [0.5, 0.6) is 0 Å². The van der Waals surface area contributed by atoms with Crippen LogP contribution in [-0.2, 0) is 14.9 Å². The lowest BCUT2D eigenvalue weighted by Crippen LogP contribution is -2.50. The largest absolute Gasteiger partial charge is 0.378 e. The second kappa shape index (κ2) is 9.56. The minimum Gasteiger partial charge on any atom is -0.378 e. The van der Waals surface area contributed by atoms with Crippen LogP contribution in [0.4, 0.5) is 0 Å². The maximum atomic E-state index is 12.8. The van der Waals surface area contributed by atoms with Gasteiger partial charge in [-0.2, -0.15) is 0 Å². The molecule has 1 aliphatic carbocycles. The summed E-state index contributed by atoms with van der Waals surface area (Å²) in [6.07, 6.45) is 4.10. The number of ether oxygens (including phenoxy) is 1. The van der Waals surface area contributed by atoms with Gasteiger partial charge in [0.05, 0.1) is 19.8 Å². The topological polar surface area (TPSA) is 57.2 Å². The van der Waals surface area contributed by atoms with E-state index in [4.69, 9.17) is 21.3 Å². The highest BCUT2D eigenvalue weighted by atomic mass is 35.5. The fraction of sp³-hybridized carbons (Fsp3) is 0.652. The summed E-state index contributed by atoms with van der Waals surface area (Å²) in [5.41, 5.74) is 1.43. The van der Waals surface area contributed by atoms with Gasteiger partial charge in [0.25, 0.3) is 0 Å². The van der Waals surface area contributed by atoms with Crippen LogP contribution in [0.3, 0.4) is 0 Å². The summed E-state index contributed by atoms with van der Waals surface area (Å²) < 4.78 is 5.38. The third-order valence-electron chi connectivity index (χ3n) is 6.62. The molecule has 7 heteroatoms. The van der Waals surface area contributed by atoms with Crippen molar-refractivity contribution in [2.75, 3.05) is 52.5 Å². The minimum atomic E-state index is 0.128. The third kappa shape index (κ3) is 4.92. The van der Waals surface area contributed by atoms with Gasteiger partial charge in [-0.1, -0.05) is 23.7 Å². The Morgan fingerprint density at radius 1 is 1.20 bits per heavy atom. The predicted molar refractivity (Wildman–Crippen MR) is 120 cm³/mol. The van der Waals surface area contributed by atoms with Crippen molar-refractivity contribution >= 4 is 23.5 Å². The van der Waals surface area contributed by atoms with Crippen LogP contribution < -0.4 is 5.32 Å². The number of carbonyl (C=O) groups is 1. The Balaban J connectivity index is 1.36. The molecular formula is C23H33ClN4O2. The van der Waals surface area contributed by atoms with Gasteiger partial charge < -0.3 is 19.9 Å². The summed E-state index contributed by atoms with van der Waals surface area (Å²) >= 11 is 6.21. The third-order valence-corrected chi connectivity index (χ3v) is 6.86. The number of hydrogen-bond acceptors (Lipinski definition) is 3. The molecule has 0 bridgehead atoms. The van der Waals surface area contributed by atoms with Crippen molar-refractivity contribution < 1.29 is 9.53 Å². The lowest BCUT2D eigenvalue weighted by atomic mass is 9.95. The molecule has 0 unspecified atom stereocenters. The minimum absolute atomic E-state index is 0.128. The normalized spacial score (nSPS) is 22.1. The molecule has 0 spiro atoms. The van der Waals surface area contributed by atoms with E-state index in [0.29, 0.717) is 19.1 Å². The van der Waals surface area contributed by atoms with E-state index >= 15 is 0 Å². The first-order valence-electron chi connectivity index (χ1n) is 11.3. The van der Waals surface area contributed by atoms with Crippen LogP contribution in [0.1, 0.15) is 38.2 Å². The van der Waals surface area contributed by atoms with Gasteiger partial charge >= 0.3 is 0 Å². The Kier molecular flexibility index (Phi) is 6.84. The molecule has 0 radical (unpaired) electrons. The van der Waals surface area contributed by atoms with Crippen LogP contribution >= 0.6 is 11.6 Å². The second-order valence-corrected chi connectivity index (χ2v) is 9.10. The Labute approximate surface area is 184 Å². The van der Waals surface area contributed by atoms with Crippen molar-refractivity contribution in [1.82, 2.24) is 15.1 Å². The Morgan fingerprint density at radius 2 is 1.93 bits per heavy atom. The van der Waals surface area contributed by atoms with Gasteiger partial charge in [-0.25, -0.2) is 0 Å². The number of aliphatic imine (C=N–C) groups is 1. The van der Waals surface area contributed by atoms with Gasteiger partial charge in [0.1, 0.15) is 0 Å². The fourth-order valence-electron chi connectivity index (χ4n) is 4.54. The molecule has 3 aliphatic rings. The number of hydrogen-bond donors (Lipinski definition) is 1. The average molecular weight is 433 g/mol. The Bertz CT molecular complexity index is 766. The SMILES string of the molecule is CCNC(=NCC1(c2cccc(Cl)c2)CC1)N1CCC(C(=O)N2CCOCC2)CC1. The molecule has 4 rings (SSSR count). The maximum absolute atomic E-state index is 12.8. The fourth-order valence-corrected chi connectivity index (χ4v) is 4.73. The number of halogens is 1. The van der Waals surface area contributed by atoms with Crippen LogP contribution in [0.15, 0.2) is 29.3 Å². The molecule has 3 fully saturated rings. The highest BCUT2D eigenvalue weighted by Gasteiger charge is 2.44. The molecule has 2 aliphatic heterocycles. The summed E-state index contributed by atoms with van der Waals surface area (Å²) in [6.45, 7) is 8.26. The number of amides is 1. The van der Waals surface area contributed by atoms with Gasteiger partial charge in [0.2, 0.25) is 5.91 Å². The molecule has 164 valence electrons. The molecule has 1 aromatic carbocycles. The van der Waals surface area contributed by atoms with E-state index < -0.39 is 0 Å².